The molecule has 4 nitrogen and oxygen atoms in total. The van der Waals surface area contributed by atoms with Crippen LogP contribution >= 0.6 is 0 Å². The van der Waals surface area contributed by atoms with Crippen LogP contribution in [0.25, 0.3) is 11.3 Å². The maximum atomic E-state index is 14.2. The Morgan fingerprint density at radius 2 is 1.95 bits per heavy atom. The van der Waals surface area contributed by atoms with Gasteiger partial charge in [-0.15, -0.1) is 0 Å². The summed E-state index contributed by atoms with van der Waals surface area (Å²) in [6.45, 7) is 1.78. The Morgan fingerprint density at radius 1 is 1.23 bits per heavy atom. The van der Waals surface area contributed by atoms with E-state index < -0.39 is 15.7 Å². The summed E-state index contributed by atoms with van der Waals surface area (Å²) in [6.07, 6.45) is 2.99. The minimum Gasteiger partial charge on any atom is -0.358 e. The van der Waals surface area contributed by atoms with Gasteiger partial charge in [0.25, 0.3) is 0 Å². The van der Waals surface area contributed by atoms with Gasteiger partial charge in [-0.1, -0.05) is 0 Å². The highest BCUT2D eigenvalue weighted by Crippen LogP contribution is 2.35. The summed E-state index contributed by atoms with van der Waals surface area (Å²) < 4.78 is 37.6. The van der Waals surface area contributed by atoms with Crippen LogP contribution in [-0.2, 0) is 16.3 Å². The Kier molecular flexibility index (Phi) is 3.44. The number of sulfone groups is 1. The highest BCUT2D eigenvalue weighted by atomic mass is 32.2. The zero-order chi connectivity index (χ0) is 16.1. The second-order valence-corrected chi connectivity index (χ2v) is 7.68. The van der Waals surface area contributed by atoms with Crippen molar-refractivity contribution in [2.75, 3.05) is 6.26 Å². The van der Waals surface area contributed by atoms with E-state index in [1.165, 1.54) is 12.1 Å². The number of rotatable bonds is 2. The van der Waals surface area contributed by atoms with Gasteiger partial charge in [-0.3, -0.25) is 4.79 Å². The minimum atomic E-state index is -3.42. The third kappa shape index (κ3) is 2.37. The number of aromatic nitrogens is 1. The summed E-state index contributed by atoms with van der Waals surface area (Å²) >= 11 is 0. The van der Waals surface area contributed by atoms with Crippen molar-refractivity contribution in [2.24, 2.45) is 0 Å². The fourth-order valence-electron chi connectivity index (χ4n) is 3.01. The lowest BCUT2D eigenvalue weighted by Crippen LogP contribution is -2.10. The van der Waals surface area contributed by atoms with Crippen LogP contribution in [0.2, 0.25) is 0 Å². The molecular weight excluding hydrogens is 305 g/mol. The van der Waals surface area contributed by atoms with Gasteiger partial charge < -0.3 is 4.98 Å². The molecule has 0 fully saturated rings. The lowest BCUT2D eigenvalue weighted by molar-refractivity contribution is 0.0972. The van der Waals surface area contributed by atoms with Crippen LogP contribution in [-0.4, -0.2) is 25.4 Å². The first-order chi connectivity index (χ1) is 10.3. The van der Waals surface area contributed by atoms with E-state index in [0.29, 0.717) is 29.8 Å². The molecule has 0 spiro atoms. The highest BCUT2D eigenvalue weighted by Gasteiger charge is 2.26. The van der Waals surface area contributed by atoms with E-state index in [4.69, 9.17) is 0 Å². The first kappa shape index (κ1) is 15.0. The minimum absolute atomic E-state index is 0.0564. The molecule has 6 heteroatoms. The number of carbonyl (C=O) groups excluding carboxylic acids is 1. The fraction of sp³-hybridized carbons (Fsp3) is 0.312. The van der Waals surface area contributed by atoms with Crippen molar-refractivity contribution in [3.8, 4) is 11.3 Å². The van der Waals surface area contributed by atoms with Crippen molar-refractivity contribution in [2.45, 2.75) is 31.1 Å². The number of aryl methyl sites for hydroxylation is 1. The average Bonchev–Trinajstić information content (AvgIpc) is 2.76. The smallest absolute Gasteiger partial charge is 0.175 e. The molecule has 22 heavy (non-hydrogen) atoms. The molecule has 0 atom stereocenters. The molecule has 1 N–H and O–H groups in total. The molecule has 0 amide bonds. The number of halogens is 1. The average molecular weight is 321 g/mol. The lowest BCUT2D eigenvalue weighted by atomic mass is 9.90. The molecular formula is C16H16FNO3S. The van der Waals surface area contributed by atoms with E-state index in [2.05, 4.69) is 4.98 Å². The summed E-state index contributed by atoms with van der Waals surface area (Å²) in [5.41, 5.74) is 2.84. The van der Waals surface area contributed by atoms with Crippen molar-refractivity contribution >= 4 is 15.6 Å². The van der Waals surface area contributed by atoms with E-state index in [1.54, 1.807) is 6.92 Å². The molecule has 1 aliphatic carbocycles. The Balaban J connectivity index is 2.25. The van der Waals surface area contributed by atoms with Crippen LogP contribution in [0.5, 0.6) is 0 Å². The van der Waals surface area contributed by atoms with E-state index in [9.17, 15) is 17.6 Å². The molecule has 0 saturated heterocycles. The van der Waals surface area contributed by atoms with Gasteiger partial charge in [0.05, 0.1) is 10.6 Å². The second-order valence-electron chi connectivity index (χ2n) is 5.67. The van der Waals surface area contributed by atoms with Crippen LogP contribution in [0, 0.1) is 12.7 Å². The molecule has 1 aromatic carbocycles. The van der Waals surface area contributed by atoms with E-state index in [-0.39, 0.29) is 16.2 Å². The van der Waals surface area contributed by atoms with Gasteiger partial charge in [-0.25, -0.2) is 12.8 Å². The van der Waals surface area contributed by atoms with Crippen molar-refractivity contribution in [1.29, 1.82) is 0 Å². The molecule has 0 saturated carbocycles. The number of ketones is 1. The largest absolute Gasteiger partial charge is 0.358 e. The van der Waals surface area contributed by atoms with Crippen LogP contribution in [0.15, 0.2) is 23.1 Å². The van der Waals surface area contributed by atoms with Crippen LogP contribution in [0.3, 0.4) is 0 Å². The van der Waals surface area contributed by atoms with Crippen molar-refractivity contribution in [3.05, 3.63) is 40.8 Å². The lowest BCUT2D eigenvalue weighted by Gasteiger charge is -2.13. The number of benzene rings is 1. The molecule has 116 valence electrons. The number of fused-ring (bicyclic) bond motifs is 1. The number of hydrogen-bond acceptors (Lipinski definition) is 3. The zero-order valence-corrected chi connectivity index (χ0v) is 13.2. The molecule has 1 aromatic heterocycles. The van der Waals surface area contributed by atoms with Gasteiger partial charge >= 0.3 is 0 Å². The highest BCUT2D eigenvalue weighted by molar-refractivity contribution is 7.90. The predicted molar refractivity (Wildman–Crippen MR) is 81.3 cm³/mol. The number of Topliss-reactive ketones (excluding diaryl/α,β-unsaturated/α-hetero) is 1. The Labute approximate surface area is 128 Å². The van der Waals surface area contributed by atoms with Gasteiger partial charge in [0.2, 0.25) is 0 Å². The molecule has 1 aliphatic rings. The fourth-order valence-corrected chi connectivity index (χ4v) is 3.66. The van der Waals surface area contributed by atoms with E-state index in [0.717, 1.165) is 24.3 Å². The van der Waals surface area contributed by atoms with E-state index in [1.807, 2.05) is 0 Å². The molecule has 3 rings (SSSR count). The number of nitrogens with one attached hydrogen (secondary N) is 1. The summed E-state index contributed by atoms with van der Waals surface area (Å²) in [5, 5.41) is 0. The van der Waals surface area contributed by atoms with Gasteiger partial charge in [0.1, 0.15) is 5.82 Å². The number of carbonyl (C=O) groups is 1. The first-order valence-corrected chi connectivity index (χ1v) is 8.93. The third-order valence-corrected chi connectivity index (χ3v) is 5.15. The number of hydrogen-bond donors (Lipinski definition) is 1. The SMILES string of the molecule is Cc1[nH]c(-c2cc(S(C)(=O)=O)ccc2F)c2c1C(=O)CCC2. The van der Waals surface area contributed by atoms with Crippen LogP contribution in [0.1, 0.15) is 34.5 Å². The predicted octanol–water partition coefficient (Wildman–Crippen LogP) is 3.05. The van der Waals surface area contributed by atoms with Gasteiger partial charge in [0, 0.05) is 29.5 Å². The molecule has 0 unspecified atom stereocenters. The maximum Gasteiger partial charge on any atom is 0.175 e. The summed E-state index contributed by atoms with van der Waals surface area (Å²) in [7, 11) is -3.42. The molecule has 1 heterocycles. The van der Waals surface area contributed by atoms with E-state index >= 15 is 0 Å². The number of H-pyrrole nitrogens is 1. The topological polar surface area (TPSA) is 67.0 Å². The standard InChI is InChI=1S/C16H16FNO3S/c1-9-15-11(4-3-5-14(15)19)16(18-9)12-8-10(22(2,20)21)6-7-13(12)17/h6-8,18H,3-5H2,1-2H3. The summed E-state index contributed by atoms with van der Waals surface area (Å²) in [5.74, 6) is -0.449. The number of aromatic amines is 1. The maximum absolute atomic E-state index is 14.2. The van der Waals surface area contributed by atoms with Crippen LogP contribution in [0.4, 0.5) is 4.39 Å². The van der Waals surface area contributed by atoms with Crippen molar-refractivity contribution < 1.29 is 17.6 Å². The summed E-state index contributed by atoms with van der Waals surface area (Å²) in [6, 6.07) is 3.73. The van der Waals surface area contributed by atoms with Crippen LogP contribution < -0.4 is 0 Å². The molecule has 2 aromatic rings. The van der Waals surface area contributed by atoms with Gasteiger partial charge in [-0.2, -0.15) is 0 Å². The Bertz CT molecular complexity index is 881. The normalized spacial score (nSPS) is 15.0. The molecule has 0 radical (unpaired) electrons. The first-order valence-electron chi connectivity index (χ1n) is 7.03. The summed E-state index contributed by atoms with van der Waals surface area (Å²) in [4.78, 5) is 15.2. The molecule has 0 aliphatic heterocycles. The molecule has 0 bridgehead atoms. The monoisotopic (exact) mass is 321 g/mol. The van der Waals surface area contributed by atoms with Crippen molar-refractivity contribution in [3.63, 3.8) is 0 Å². The Hall–Kier alpha value is -1.95. The van der Waals surface area contributed by atoms with Gasteiger partial charge in [-0.05, 0) is 43.5 Å². The van der Waals surface area contributed by atoms with Crippen molar-refractivity contribution in [1.82, 2.24) is 4.98 Å². The zero-order valence-electron chi connectivity index (χ0n) is 12.4. The Morgan fingerprint density at radius 3 is 2.64 bits per heavy atom. The third-order valence-electron chi connectivity index (χ3n) is 4.04. The second kappa shape index (κ2) is 5.05. The van der Waals surface area contributed by atoms with Gasteiger partial charge in [0.15, 0.2) is 15.6 Å². The quantitative estimate of drug-likeness (QED) is 0.865.